The Bertz CT molecular complexity index is 410. The van der Waals surface area contributed by atoms with Gasteiger partial charge in [-0.1, -0.05) is 18.6 Å². The molecule has 2 rings (SSSR count). The molecule has 0 saturated heterocycles. The first kappa shape index (κ1) is 15.5. The van der Waals surface area contributed by atoms with Crippen LogP contribution >= 0.6 is 0 Å². The smallest absolute Gasteiger partial charge is 0.306 e. The highest BCUT2D eigenvalue weighted by atomic mass is 16.6. The molecule has 0 spiro atoms. The quantitative estimate of drug-likeness (QED) is 0.462. The second kappa shape index (κ2) is 5.49. The van der Waals surface area contributed by atoms with Gasteiger partial charge in [0.05, 0.1) is 6.42 Å². The number of fused-ring (bicyclic) bond motifs is 1. The molecule has 0 aromatic carbocycles. The third-order valence-electron chi connectivity index (χ3n) is 4.62. The molecule has 114 valence electrons. The second-order valence-electron chi connectivity index (χ2n) is 7.33. The maximum atomic E-state index is 12.1. The molecule has 4 heteroatoms. The molecule has 1 fully saturated rings. The van der Waals surface area contributed by atoms with E-state index in [1.165, 1.54) is 5.57 Å². The lowest BCUT2D eigenvalue weighted by Crippen LogP contribution is -2.52. The molecule has 20 heavy (non-hydrogen) atoms. The minimum absolute atomic E-state index is 0.162. The number of esters is 1. The lowest BCUT2D eigenvalue weighted by molar-refractivity contribution is -0.163. The summed E-state index contributed by atoms with van der Waals surface area (Å²) in [6.07, 6.45) is 5.94. The van der Waals surface area contributed by atoms with Gasteiger partial charge in [0, 0.05) is 12.0 Å². The fourth-order valence-electron chi connectivity index (χ4n) is 3.82. The number of rotatable bonds is 5. The highest BCUT2D eigenvalue weighted by molar-refractivity contribution is 5.71. The van der Waals surface area contributed by atoms with Crippen molar-refractivity contribution in [3.63, 3.8) is 0 Å². The maximum Gasteiger partial charge on any atom is 0.306 e. The largest absolute Gasteiger partial charge is 0.460 e. The van der Waals surface area contributed by atoms with E-state index in [2.05, 4.69) is 18.5 Å². The summed E-state index contributed by atoms with van der Waals surface area (Å²) in [7, 11) is 0. The fourth-order valence-corrected chi connectivity index (χ4v) is 3.82. The number of hydrogen-bond acceptors (Lipinski definition) is 4. The van der Waals surface area contributed by atoms with Crippen molar-refractivity contribution in [2.24, 2.45) is 17.3 Å². The van der Waals surface area contributed by atoms with Gasteiger partial charge in [-0.15, -0.1) is 0 Å². The van der Waals surface area contributed by atoms with E-state index in [0.717, 1.165) is 19.3 Å². The molecule has 2 aliphatic carbocycles. The molecule has 1 saturated carbocycles. The Kier molecular flexibility index (Phi) is 4.26. The van der Waals surface area contributed by atoms with Gasteiger partial charge in [0.2, 0.25) is 0 Å². The summed E-state index contributed by atoms with van der Waals surface area (Å²) in [5.41, 5.74) is 3.16. The van der Waals surface area contributed by atoms with Crippen LogP contribution in [0.3, 0.4) is 0 Å². The van der Waals surface area contributed by atoms with Gasteiger partial charge in [-0.3, -0.25) is 4.79 Å². The zero-order valence-electron chi connectivity index (χ0n) is 13.0. The van der Waals surface area contributed by atoms with Crippen LogP contribution in [0.5, 0.6) is 0 Å². The van der Waals surface area contributed by atoms with Crippen LogP contribution in [0.4, 0.5) is 0 Å². The van der Waals surface area contributed by atoms with Crippen LogP contribution in [0.15, 0.2) is 11.6 Å². The molecule has 0 bridgehead atoms. The average Bonchev–Trinajstić information content (AvgIpc) is 2.64. The van der Waals surface area contributed by atoms with Crippen molar-refractivity contribution in [2.45, 2.75) is 59.0 Å². The van der Waals surface area contributed by atoms with Gasteiger partial charge in [0.15, 0.2) is 0 Å². The molecule has 0 amide bonds. The van der Waals surface area contributed by atoms with E-state index < -0.39 is 5.60 Å². The first-order chi connectivity index (χ1) is 9.29. The van der Waals surface area contributed by atoms with E-state index in [9.17, 15) is 4.79 Å². The fraction of sp³-hybridized carbons (Fsp3) is 0.812. The first-order valence-electron chi connectivity index (χ1n) is 7.58. The molecule has 0 aliphatic heterocycles. The number of nitrogens with one attached hydrogen (secondary N) is 1. The number of carbonyl (C=O) groups is 1. The van der Waals surface area contributed by atoms with E-state index >= 15 is 0 Å². The number of hydroxylamine groups is 1. The number of allylic oxidation sites excluding steroid dienone is 2. The number of carbonyl (C=O) groups excluding carboxylic acids is 1. The Balaban J connectivity index is 2.05. The molecule has 2 N–H and O–H groups in total. The Morgan fingerprint density at radius 1 is 1.55 bits per heavy atom. The van der Waals surface area contributed by atoms with Crippen LogP contribution in [-0.4, -0.2) is 23.3 Å². The summed E-state index contributed by atoms with van der Waals surface area (Å²) in [5.74, 6) is 0.898. The monoisotopic (exact) mass is 281 g/mol. The molecule has 0 heterocycles. The lowest BCUT2D eigenvalue weighted by Gasteiger charge is -2.52. The number of ether oxygens (including phenoxy) is 1. The first-order valence-corrected chi connectivity index (χ1v) is 7.58. The Morgan fingerprint density at radius 2 is 2.25 bits per heavy atom. The van der Waals surface area contributed by atoms with Gasteiger partial charge in [-0.25, -0.2) is 5.48 Å². The lowest BCUT2D eigenvalue weighted by atomic mass is 9.53. The van der Waals surface area contributed by atoms with E-state index in [0.29, 0.717) is 24.8 Å². The average molecular weight is 281 g/mol. The third-order valence-corrected chi connectivity index (χ3v) is 4.62. The highest BCUT2D eigenvalue weighted by Gasteiger charge is 2.55. The predicted molar refractivity (Wildman–Crippen MR) is 77.3 cm³/mol. The predicted octanol–water partition coefficient (Wildman–Crippen LogP) is 3.06. The minimum atomic E-state index is -0.450. The topological polar surface area (TPSA) is 58.6 Å². The maximum absolute atomic E-state index is 12.1. The Morgan fingerprint density at radius 3 is 2.80 bits per heavy atom. The SMILES string of the molecule is CCC1=C[C@H]2[C@@H](C1)C[C@@]2(CNO)CC(=O)OC(C)(C)C. The van der Waals surface area contributed by atoms with Crippen LogP contribution in [0, 0.1) is 17.3 Å². The molecule has 0 radical (unpaired) electrons. The van der Waals surface area contributed by atoms with Crippen LogP contribution in [-0.2, 0) is 9.53 Å². The molecule has 0 aromatic rings. The number of hydrogen-bond donors (Lipinski definition) is 2. The van der Waals surface area contributed by atoms with Crippen molar-refractivity contribution >= 4 is 5.97 Å². The van der Waals surface area contributed by atoms with Crippen molar-refractivity contribution in [3.8, 4) is 0 Å². The van der Waals surface area contributed by atoms with Gasteiger partial charge >= 0.3 is 5.97 Å². The summed E-state index contributed by atoms with van der Waals surface area (Å²) >= 11 is 0. The van der Waals surface area contributed by atoms with Crippen molar-refractivity contribution < 1.29 is 14.7 Å². The molecular formula is C16H27NO3. The van der Waals surface area contributed by atoms with Crippen LogP contribution < -0.4 is 5.48 Å². The summed E-state index contributed by atoms with van der Waals surface area (Å²) in [6.45, 7) is 8.29. The van der Waals surface area contributed by atoms with Crippen molar-refractivity contribution in [1.82, 2.24) is 5.48 Å². The zero-order valence-corrected chi connectivity index (χ0v) is 13.0. The molecule has 2 aliphatic rings. The zero-order chi connectivity index (χ0) is 15.0. The van der Waals surface area contributed by atoms with Gasteiger partial charge < -0.3 is 9.94 Å². The standard InChI is InChI=1S/C16H27NO3/c1-5-11-6-12-8-16(10-17-19,13(12)7-11)9-14(18)20-15(2,3)4/h7,12-13,17,19H,5-6,8-10H2,1-4H3/t12-,13-,16-/m0/s1. The Hall–Kier alpha value is -0.870. The molecule has 4 nitrogen and oxygen atoms in total. The minimum Gasteiger partial charge on any atom is -0.460 e. The van der Waals surface area contributed by atoms with E-state index in [-0.39, 0.29) is 11.4 Å². The van der Waals surface area contributed by atoms with Gasteiger partial charge in [0.25, 0.3) is 0 Å². The van der Waals surface area contributed by atoms with E-state index in [4.69, 9.17) is 9.94 Å². The third kappa shape index (κ3) is 3.07. The summed E-state index contributed by atoms with van der Waals surface area (Å²) in [6, 6.07) is 0. The second-order valence-corrected chi connectivity index (χ2v) is 7.33. The highest BCUT2D eigenvalue weighted by Crippen LogP contribution is 2.59. The van der Waals surface area contributed by atoms with Crippen LogP contribution in [0.2, 0.25) is 0 Å². The van der Waals surface area contributed by atoms with Crippen molar-refractivity contribution in [2.75, 3.05) is 6.54 Å². The van der Waals surface area contributed by atoms with Gasteiger partial charge in [-0.05, 0) is 51.9 Å². The summed E-state index contributed by atoms with van der Waals surface area (Å²) < 4.78 is 5.45. The van der Waals surface area contributed by atoms with Crippen LogP contribution in [0.1, 0.15) is 53.4 Å². The van der Waals surface area contributed by atoms with Crippen molar-refractivity contribution in [3.05, 3.63) is 11.6 Å². The van der Waals surface area contributed by atoms with E-state index in [1.54, 1.807) is 0 Å². The van der Waals surface area contributed by atoms with Gasteiger partial charge in [-0.2, -0.15) is 0 Å². The molecule has 0 aromatic heterocycles. The van der Waals surface area contributed by atoms with Crippen LogP contribution in [0.25, 0.3) is 0 Å². The van der Waals surface area contributed by atoms with Crippen molar-refractivity contribution in [1.29, 1.82) is 0 Å². The summed E-state index contributed by atoms with van der Waals surface area (Å²) in [4.78, 5) is 12.1. The Labute approximate surface area is 121 Å². The molecular weight excluding hydrogens is 254 g/mol. The van der Waals surface area contributed by atoms with E-state index in [1.807, 2.05) is 20.8 Å². The summed E-state index contributed by atoms with van der Waals surface area (Å²) in [5, 5.41) is 9.13. The molecule has 3 atom stereocenters. The van der Waals surface area contributed by atoms with Gasteiger partial charge in [0.1, 0.15) is 5.60 Å². The normalized spacial score (nSPS) is 32.4. The molecule has 0 unspecified atom stereocenters.